The fraction of sp³-hybridized carbons (Fsp3) is 0.400. The van der Waals surface area contributed by atoms with Crippen LogP contribution in [0.1, 0.15) is 18.3 Å². The number of hydrogen-bond donors (Lipinski definition) is 1. The zero-order valence-corrected chi connectivity index (χ0v) is 8.88. The van der Waals surface area contributed by atoms with Gasteiger partial charge in [0.1, 0.15) is 0 Å². The normalized spacial score (nSPS) is 10.8. The second kappa shape index (κ2) is 3.76. The zero-order chi connectivity index (χ0) is 10.8. The summed E-state index contributed by atoms with van der Waals surface area (Å²) in [5.74, 6) is 0.189. The van der Waals surface area contributed by atoms with Crippen LogP contribution in [0.3, 0.4) is 0 Å². The van der Waals surface area contributed by atoms with Crippen LogP contribution >= 0.6 is 0 Å². The number of aromatic nitrogens is 4. The molecule has 2 aromatic rings. The third-order valence-electron chi connectivity index (χ3n) is 2.23. The Hall–Kier alpha value is -1.78. The smallest absolute Gasteiger partial charge is 0.153 e. The second-order valence-electron chi connectivity index (χ2n) is 3.49. The van der Waals surface area contributed by atoms with Gasteiger partial charge in [0.05, 0.1) is 30.3 Å². The van der Waals surface area contributed by atoms with Gasteiger partial charge in [0, 0.05) is 6.54 Å². The summed E-state index contributed by atoms with van der Waals surface area (Å²) in [5.41, 5.74) is 2.10. The molecular weight excluding hydrogens is 192 g/mol. The van der Waals surface area contributed by atoms with Crippen LogP contribution in [0, 0.1) is 6.92 Å². The molecule has 15 heavy (non-hydrogen) atoms. The summed E-state index contributed by atoms with van der Waals surface area (Å²) < 4.78 is 3.63. The van der Waals surface area contributed by atoms with Crippen LogP contribution < -0.4 is 0 Å². The Labute approximate surface area is 88.0 Å². The molecule has 5 nitrogen and oxygen atoms in total. The Kier molecular flexibility index (Phi) is 2.45. The lowest BCUT2D eigenvalue weighted by Gasteiger charge is -2.03. The Morgan fingerprint density at radius 3 is 2.87 bits per heavy atom. The predicted octanol–water partition coefficient (Wildman–Crippen LogP) is 1.16. The maximum Gasteiger partial charge on any atom is 0.153 e. The average molecular weight is 206 g/mol. The molecule has 1 N–H and O–H groups in total. The molecule has 0 radical (unpaired) electrons. The van der Waals surface area contributed by atoms with E-state index in [2.05, 4.69) is 17.1 Å². The molecule has 0 aliphatic carbocycles. The number of aromatic hydroxyl groups is 1. The van der Waals surface area contributed by atoms with E-state index in [1.165, 1.54) is 6.20 Å². The topological polar surface area (TPSA) is 55.9 Å². The van der Waals surface area contributed by atoms with E-state index in [-0.39, 0.29) is 5.75 Å². The van der Waals surface area contributed by atoms with Gasteiger partial charge in [-0.15, -0.1) is 0 Å². The highest BCUT2D eigenvalue weighted by atomic mass is 16.3. The number of aryl methyl sites for hydroxylation is 2. The van der Waals surface area contributed by atoms with Gasteiger partial charge in [0.15, 0.2) is 5.75 Å². The summed E-state index contributed by atoms with van der Waals surface area (Å²) in [6.45, 7) is 5.50. The van der Waals surface area contributed by atoms with Gasteiger partial charge in [0.25, 0.3) is 0 Å². The van der Waals surface area contributed by atoms with Gasteiger partial charge >= 0.3 is 0 Å². The molecule has 2 aromatic heterocycles. The van der Waals surface area contributed by atoms with E-state index >= 15 is 0 Å². The van der Waals surface area contributed by atoms with Gasteiger partial charge in [-0.3, -0.25) is 9.36 Å². The summed E-state index contributed by atoms with van der Waals surface area (Å²) in [4.78, 5) is 0. The molecule has 0 unspecified atom stereocenters. The number of rotatable bonds is 3. The van der Waals surface area contributed by atoms with Crippen molar-refractivity contribution in [3.63, 3.8) is 0 Å². The monoisotopic (exact) mass is 206 g/mol. The molecular formula is C10H14N4O. The van der Waals surface area contributed by atoms with Crippen LogP contribution in [-0.2, 0) is 13.1 Å². The van der Waals surface area contributed by atoms with Crippen molar-refractivity contribution in [2.24, 2.45) is 0 Å². The predicted molar refractivity (Wildman–Crippen MR) is 55.6 cm³/mol. The minimum Gasteiger partial charge on any atom is -0.505 e. The average Bonchev–Trinajstić information content (AvgIpc) is 2.73. The van der Waals surface area contributed by atoms with Gasteiger partial charge in [-0.1, -0.05) is 0 Å². The van der Waals surface area contributed by atoms with E-state index < -0.39 is 0 Å². The molecule has 0 spiro atoms. The molecule has 0 amide bonds. The Morgan fingerprint density at radius 2 is 2.27 bits per heavy atom. The van der Waals surface area contributed by atoms with Gasteiger partial charge in [-0.05, 0) is 19.9 Å². The van der Waals surface area contributed by atoms with Gasteiger partial charge < -0.3 is 5.11 Å². The van der Waals surface area contributed by atoms with Crippen LogP contribution in [0.2, 0.25) is 0 Å². The minimum atomic E-state index is 0.189. The van der Waals surface area contributed by atoms with Crippen molar-refractivity contribution in [2.45, 2.75) is 26.9 Å². The first kappa shape index (κ1) is 9.76. The molecule has 80 valence electrons. The highest BCUT2D eigenvalue weighted by molar-refractivity contribution is 5.12. The fourth-order valence-electron chi connectivity index (χ4n) is 1.61. The van der Waals surface area contributed by atoms with E-state index in [4.69, 9.17) is 5.11 Å². The molecule has 2 heterocycles. The molecule has 0 atom stereocenters. The zero-order valence-electron chi connectivity index (χ0n) is 8.88. The van der Waals surface area contributed by atoms with Crippen LogP contribution in [-0.4, -0.2) is 24.7 Å². The molecule has 0 saturated heterocycles. The SMILES string of the molecule is CCn1nc(C)cc1Cn1cc(O)cn1. The van der Waals surface area contributed by atoms with Crippen molar-refractivity contribution in [2.75, 3.05) is 0 Å². The maximum absolute atomic E-state index is 9.16. The first-order valence-corrected chi connectivity index (χ1v) is 4.94. The number of nitrogens with zero attached hydrogens (tertiary/aromatic N) is 4. The van der Waals surface area contributed by atoms with Crippen molar-refractivity contribution < 1.29 is 5.11 Å². The standard InChI is InChI=1S/C10H14N4O/c1-3-14-9(4-8(2)12-14)6-13-7-10(15)5-11-13/h4-5,7,15H,3,6H2,1-2H3. The first-order chi connectivity index (χ1) is 7.19. The Bertz CT molecular complexity index is 458. The molecule has 0 fully saturated rings. The summed E-state index contributed by atoms with van der Waals surface area (Å²) in [7, 11) is 0. The molecule has 0 aromatic carbocycles. The summed E-state index contributed by atoms with van der Waals surface area (Å²) in [6.07, 6.45) is 3.03. The molecule has 0 aliphatic rings. The lowest BCUT2D eigenvalue weighted by molar-refractivity contribution is 0.473. The van der Waals surface area contributed by atoms with Gasteiger partial charge in [-0.2, -0.15) is 10.2 Å². The van der Waals surface area contributed by atoms with Crippen LogP contribution in [0.5, 0.6) is 5.75 Å². The minimum absolute atomic E-state index is 0.189. The first-order valence-electron chi connectivity index (χ1n) is 4.94. The highest BCUT2D eigenvalue weighted by Gasteiger charge is 2.05. The van der Waals surface area contributed by atoms with E-state index in [0.29, 0.717) is 6.54 Å². The van der Waals surface area contributed by atoms with Crippen molar-refractivity contribution >= 4 is 0 Å². The Balaban J connectivity index is 2.23. The van der Waals surface area contributed by atoms with Crippen molar-refractivity contribution in [3.8, 4) is 5.75 Å². The van der Waals surface area contributed by atoms with Crippen molar-refractivity contribution in [3.05, 3.63) is 29.8 Å². The summed E-state index contributed by atoms with van der Waals surface area (Å²) in [6, 6.07) is 2.03. The van der Waals surface area contributed by atoms with E-state index in [0.717, 1.165) is 17.9 Å². The largest absolute Gasteiger partial charge is 0.505 e. The molecule has 0 aliphatic heterocycles. The third kappa shape index (κ3) is 2.01. The third-order valence-corrected chi connectivity index (χ3v) is 2.23. The van der Waals surface area contributed by atoms with Crippen molar-refractivity contribution in [1.82, 2.24) is 19.6 Å². The quantitative estimate of drug-likeness (QED) is 0.820. The van der Waals surface area contributed by atoms with E-state index in [9.17, 15) is 0 Å². The second-order valence-corrected chi connectivity index (χ2v) is 3.49. The van der Waals surface area contributed by atoms with Crippen LogP contribution in [0.25, 0.3) is 0 Å². The van der Waals surface area contributed by atoms with Crippen LogP contribution in [0.15, 0.2) is 18.5 Å². The Morgan fingerprint density at radius 1 is 1.47 bits per heavy atom. The van der Waals surface area contributed by atoms with Crippen LogP contribution in [0.4, 0.5) is 0 Å². The van der Waals surface area contributed by atoms with E-state index in [1.807, 2.05) is 17.7 Å². The van der Waals surface area contributed by atoms with Gasteiger partial charge in [0.2, 0.25) is 0 Å². The van der Waals surface area contributed by atoms with Crippen molar-refractivity contribution in [1.29, 1.82) is 0 Å². The van der Waals surface area contributed by atoms with E-state index in [1.54, 1.807) is 10.9 Å². The molecule has 5 heteroatoms. The van der Waals surface area contributed by atoms with Gasteiger partial charge in [-0.25, -0.2) is 0 Å². The maximum atomic E-state index is 9.16. The lowest BCUT2D eigenvalue weighted by atomic mass is 10.3. The molecule has 0 bridgehead atoms. The fourth-order valence-corrected chi connectivity index (χ4v) is 1.61. The lowest BCUT2D eigenvalue weighted by Crippen LogP contribution is -2.08. The molecule has 2 rings (SSSR count). The summed E-state index contributed by atoms with van der Waals surface area (Å²) in [5, 5.41) is 17.5. The molecule has 0 saturated carbocycles. The highest BCUT2D eigenvalue weighted by Crippen LogP contribution is 2.09. The number of hydrogen-bond acceptors (Lipinski definition) is 3. The summed E-state index contributed by atoms with van der Waals surface area (Å²) >= 11 is 0.